The van der Waals surface area contributed by atoms with Crippen LogP contribution < -0.4 is 5.32 Å². The molecule has 0 spiro atoms. The Kier molecular flexibility index (Phi) is 1.01. The van der Waals surface area contributed by atoms with Crippen LogP contribution in [0.5, 0.6) is 0 Å². The molecule has 0 bridgehead atoms. The van der Waals surface area contributed by atoms with Crippen molar-refractivity contribution in [3.63, 3.8) is 0 Å². The van der Waals surface area contributed by atoms with Crippen LogP contribution in [0, 0.1) is 0 Å². The molecular weight excluding hydrogens is 90.1 g/mol. The standard InChI is InChI=1S/C5H9NO/c1-4-2-3-5(7)6-4/h4H,2-3H2,1H3,(H,6,7)/t4-/m0/s1. The Morgan fingerprint density at radius 2 is 2.57 bits per heavy atom. The highest BCUT2D eigenvalue weighted by Gasteiger charge is 2.14. The third-order valence-electron chi connectivity index (χ3n) is 1.21. The van der Waals surface area contributed by atoms with Crippen molar-refractivity contribution in [2.75, 3.05) is 0 Å². The molecule has 1 saturated heterocycles. The van der Waals surface area contributed by atoms with Crippen LogP contribution in [0.3, 0.4) is 0 Å². The van der Waals surface area contributed by atoms with Gasteiger partial charge in [-0.05, 0) is 13.3 Å². The molecule has 0 aromatic rings. The fourth-order valence-electron chi connectivity index (χ4n) is 0.767. The summed E-state index contributed by atoms with van der Waals surface area (Å²) in [5.74, 6) is 0.201. The summed E-state index contributed by atoms with van der Waals surface area (Å²) in [6, 6.07) is 0.424. The maximum Gasteiger partial charge on any atom is 0.220 e. The van der Waals surface area contributed by atoms with Gasteiger partial charge in [-0.15, -0.1) is 0 Å². The van der Waals surface area contributed by atoms with E-state index in [4.69, 9.17) is 0 Å². The number of rotatable bonds is 0. The molecule has 1 atom stereocenters. The summed E-state index contributed by atoms with van der Waals surface area (Å²) in [5.41, 5.74) is 0. The number of carbonyl (C=O) groups excluding carboxylic acids is 1. The minimum atomic E-state index is 0.201. The number of hydrogen-bond donors (Lipinski definition) is 1. The van der Waals surface area contributed by atoms with E-state index in [1.54, 1.807) is 0 Å². The molecule has 0 saturated carbocycles. The highest BCUT2D eigenvalue weighted by Crippen LogP contribution is 2.03. The van der Waals surface area contributed by atoms with Crippen molar-refractivity contribution in [1.29, 1.82) is 0 Å². The minimum absolute atomic E-state index is 0.201. The topological polar surface area (TPSA) is 29.1 Å². The second kappa shape index (κ2) is 1.52. The van der Waals surface area contributed by atoms with Crippen LogP contribution >= 0.6 is 0 Å². The van der Waals surface area contributed by atoms with E-state index in [0.717, 1.165) is 12.8 Å². The normalized spacial score (nSPS) is 30.4. The molecule has 0 radical (unpaired) electrons. The smallest absolute Gasteiger partial charge is 0.220 e. The first-order valence-corrected chi connectivity index (χ1v) is 2.58. The first kappa shape index (κ1) is 4.62. The molecular formula is C5H9NO. The van der Waals surface area contributed by atoms with Gasteiger partial charge in [0.1, 0.15) is 0 Å². The van der Waals surface area contributed by atoms with E-state index in [9.17, 15) is 4.79 Å². The molecule has 1 fully saturated rings. The van der Waals surface area contributed by atoms with Gasteiger partial charge in [-0.2, -0.15) is 0 Å². The molecule has 1 amide bonds. The van der Waals surface area contributed by atoms with E-state index in [1.165, 1.54) is 0 Å². The van der Waals surface area contributed by atoms with Crippen molar-refractivity contribution < 1.29 is 4.79 Å². The van der Waals surface area contributed by atoms with Crippen molar-refractivity contribution in [2.24, 2.45) is 0 Å². The largest absolute Gasteiger partial charge is 0.354 e. The van der Waals surface area contributed by atoms with Crippen molar-refractivity contribution in [1.82, 2.24) is 5.32 Å². The lowest BCUT2D eigenvalue weighted by Crippen LogP contribution is -2.21. The zero-order chi connectivity index (χ0) is 5.28. The third-order valence-corrected chi connectivity index (χ3v) is 1.21. The van der Waals surface area contributed by atoms with E-state index in [1.807, 2.05) is 6.92 Å². The van der Waals surface area contributed by atoms with E-state index in [-0.39, 0.29) is 5.91 Å². The number of carbonyl (C=O) groups is 1. The van der Waals surface area contributed by atoms with E-state index in [2.05, 4.69) is 5.32 Å². The third kappa shape index (κ3) is 0.918. The number of nitrogens with one attached hydrogen (secondary N) is 1. The maximum atomic E-state index is 10.3. The Morgan fingerprint density at radius 3 is 2.71 bits per heavy atom. The van der Waals surface area contributed by atoms with Gasteiger partial charge in [0.25, 0.3) is 0 Å². The fourth-order valence-corrected chi connectivity index (χ4v) is 0.767. The summed E-state index contributed by atoms with van der Waals surface area (Å²) in [5, 5.41) is 2.78. The number of amides is 1. The molecule has 0 aromatic heterocycles. The zero-order valence-corrected chi connectivity index (χ0v) is 4.40. The Balaban J connectivity index is 2.40. The van der Waals surface area contributed by atoms with Crippen LogP contribution in [0.25, 0.3) is 0 Å². The Labute approximate surface area is 42.9 Å². The van der Waals surface area contributed by atoms with Gasteiger partial charge in [0.15, 0.2) is 0 Å². The summed E-state index contributed by atoms with van der Waals surface area (Å²) < 4.78 is 0. The molecule has 1 aliphatic heterocycles. The van der Waals surface area contributed by atoms with Gasteiger partial charge in [0.05, 0.1) is 0 Å². The SMILES string of the molecule is C[C@H]1CCC(=O)N1. The second-order valence-corrected chi connectivity index (χ2v) is 2.01. The summed E-state index contributed by atoms with van der Waals surface area (Å²) in [6.45, 7) is 2.02. The first-order valence-electron chi connectivity index (χ1n) is 2.58. The Bertz CT molecular complexity index is 90.1. The summed E-state index contributed by atoms with van der Waals surface area (Å²) >= 11 is 0. The van der Waals surface area contributed by atoms with Crippen LogP contribution in [-0.4, -0.2) is 11.9 Å². The van der Waals surface area contributed by atoms with Gasteiger partial charge in [-0.25, -0.2) is 0 Å². The average Bonchev–Trinajstić information content (AvgIpc) is 1.87. The molecule has 1 N–H and O–H groups in total. The molecule has 2 heteroatoms. The minimum Gasteiger partial charge on any atom is -0.354 e. The van der Waals surface area contributed by atoms with Gasteiger partial charge in [0.2, 0.25) is 5.91 Å². The van der Waals surface area contributed by atoms with Crippen LogP contribution in [0.15, 0.2) is 0 Å². The summed E-state index contributed by atoms with van der Waals surface area (Å²) in [4.78, 5) is 10.3. The van der Waals surface area contributed by atoms with Gasteiger partial charge in [0, 0.05) is 12.5 Å². The Hall–Kier alpha value is -0.530. The van der Waals surface area contributed by atoms with Gasteiger partial charge < -0.3 is 5.32 Å². The van der Waals surface area contributed by atoms with Crippen LogP contribution in [0.1, 0.15) is 19.8 Å². The predicted octanol–water partition coefficient (Wildman–Crippen LogP) is 0.285. The van der Waals surface area contributed by atoms with Crippen LogP contribution in [-0.2, 0) is 4.79 Å². The molecule has 40 valence electrons. The van der Waals surface area contributed by atoms with Crippen LogP contribution in [0.4, 0.5) is 0 Å². The lowest BCUT2D eigenvalue weighted by Gasteiger charge is -1.95. The quantitative estimate of drug-likeness (QED) is 0.464. The lowest BCUT2D eigenvalue weighted by atomic mass is 10.3. The van der Waals surface area contributed by atoms with Crippen molar-refractivity contribution >= 4 is 5.91 Å². The molecule has 0 aliphatic carbocycles. The van der Waals surface area contributed by atoms with Crippen molar-refractivity contribution in [3.05, 3.63) is 0 Å². The monoisotopic (exact) mass is 99.1 g/mol. The molecule has 1 aliphatic rings. The molecule has 7 heavy (non-hydrogen) atoms. The van der Waals surface area contributed by atoms with Gasteiger partial charge >= 0.3 is 0 Å². The van der Waals surface area contributed by atoms with E-state index < -0.39 is 0 Å². The predicted molar refractivity (Wildman–Crippen MR) is 26.8 cm³/mol. The molecule has 0 unspecified atom stereocenters. The molecule has 2 nitrogen and oxygen atoms in total. The first-order chi connectivity index (χ1) is 3.29. The van der Waals surface area contributed by atoms with Gasteiger partial charge in [-0.1, -0.05) is 0 Å². The summed E-state index contributed by atoms with van der Waals surface area (Å²) in [6.07, 6.45) is 1.74. The lowest BCUT2D eigenvalue weighted by molar-refractivity contribution is -0.119. The molecule has 0 aromatic carbocycles. The zero-order valence-electron chi connectivity index (χ0n) is 4.40. The highest BCUT2D eigenvalue weighted by atomic mass is 16.1. The maximum absolute atomic E-state index is 10.3. The Morgan fingerprint density at radius 1 is 1.86 bits per heavy atom. The average molecular weight is 99.1 g/mol. The fraction of sp³-hybridized carbons (Fsp3) is 0.800. The van der Waals surface area contributed by atoms with Gasteiger partial charge in [-0.3, -0.25) is 4.79 Å². The highest BCUT2D eigenvalue weighted by molar-refractivity contribution is 5.78. The molecule has 1 heterocycles. The number of hydrogen-bond acceptors (Lipinski definition) is 1. The van der Waals surface area contributed by atoms with E-state index >= 15 is 0 Å². The van der Waals surface area contributed by atoms with Crippen molar-refractivity contribution in [2.45, 2.75) is 25.8 Å². The summed E-state index contributed by atoms with van der Waals surface area (Å²) in [7, 11) is 0. The van der Waals surface area contributed by atoms with E-state index in [0.29, 0.717) is 6.04 Å². The van der Waals surface area contributed by atoms with Crippen molar-refractivity contribution in [3.8, 4) is 0 Å². The van der Waals surface area contributed by atoms with Crippen LogP contribution in [0.2, 0.25) is 0 Å². The second-order valence-electron chi connectivity index (χ2n) is 2.01. The molecule has 1 rings (SSSR count).